The number of rotatable bonds is 7. The lowest BCUT2D eigenvalue weighted by Gasteiger charge is -2.25. The molecule has 1 aromatic carbocycles. The molecule has 1 aromatic rings. The number of amides is 1. The second kappa shape index (κ2) is 9.69. The number of nitrogens with zero attached hydrogens (tertiary/aromatic N) is 2. The van der Waals surface area contributed by atoms with Crippen LogP contribution in [0.1, 0.15) is 44.6 Å². The third-order valence-corrected chi connectivity index (χ3v) is 5.02. The first-order chi connectivity index (χ1) is 12.4. The summed E-state index contributed by atoms with van der Waals surface area (Å²) in [5.74, 6) is -0.428. The molecule has 144 valence electrons. The summed E-state index contributed by atoms with van der Waals surface area (Å²) in [4.78, 5) is 27.5. The number of carbonyl (C=O) groups excluding carboxylic acids is 1. The van der Waals surface area contributed by atoms with Crippen molar-refractivity contribution in [2.75, 3.05) is 38.5 Å². The fourth-order valence-electron chi connectivity index (χ4n) is 3.59. The van der Waals surface area contributed by atoms with E-state index in [0.29, 0.717) is 12.5 Å². The minimum absolute atomic E-state index is 0.00967. The summed E-state index contributed by atoms with van der Waals surface area (Å²) >= 11 is 0. The number of carbonyl (C=O) groups is 2. The number of para-hydroxylation sites is 1. The summed E-state index contributed by atoms with van der Waals surface area (Å²) in [6, 6.07) is 8.20. The Labute approximate surface area is 156 Å². The Bertz CT molecular complexity index is 618. The van der Waals surface area contributed by atoms with E-state index < -0.39 is 5.97 Å². The summed E-state index contributed by atoms with van der Waals surface area (Å²) in [5, 5.41) is 12.0. The number of likely N-dealkylation sites (N-methyl/N-ethyl adjacent to an activating group) is 1. The first-order valence-electron chi connectivity index (χ1n) is 9.40. The molecule has 0 aromatic heterocycles. The molecule has 2 rings (SSSR count). The fourth-order valence-corrected chi connectivity index (χ4v) is 3.59. The number of aliphatic carboxylic acids is 1. The third kappa shape index (κ3) is 6.11. The maximum Gasteiger partial charge on any atom is 0.317 e. The second-order valence-corrected chi connectivity index (χ2v) is 7.46. The van der Waals surface area contributed by atoms with Crippen LogP contribution in [-0.4, -0.2) is 66.1 Å². The van der Waals surface area contributed by atoms with Crippen molar-refractivity contribution in [1.29, 1.82) is 0 Å². The average molecular weight is 361 g/mol. The molecule has 6 heteroatoms. The molecule has 1 aliphatic heterocycles. The fraction of sp³-hybridized carbons (Fsp3) is 0.600. The molecule has 0 saturated carbocycles. The maximum atomic E-state index is 12.5. The topological polar surface area (TPSA) is 72.9 Å². The number of likely N-dealkylation sites (tertiary alicyclic amines) is 1. The molecular weight excluding hydrogens is 330 g/mol. The first-order valence-corrected chi connectivity index (χ1v) is 9.40. The van der Waals surface area contributed by atoms with E-state index in [2.05, 4.69) is 30.1 Å². The smallest absolute Gasteiger partial charge is 0.317 e. The molecule has 0 radical (unpaired) electrons. The van der Waals surface area contributed by atoms with Crippen LogP contribution in [0.4, 0.5) is 5.69 Å². The molecule has 6 nitrogen and oxygen atoms in total. The van der Waals surface area contributed by atoms with Gasteiger partial charge in [-0.1, -0.05) is 32.0 Å². The highest BCUT2D eigenvalue weighted by Crippen LogP contribution is 2.23. The molecule has 2 N–H and O–H groups in total. The number of nitrogens with one attached hydrogen (secondary N) is 1. The highest BCUT2D eigenvalue weighted by Gasteiger charge is 2.23. The minimum Gasteiger partial charge on any atom is -0.480 e. The summed E-state index contributed by atoms with van der Waals surface area (Å²) in [6.07, 6.45) is 2.84. The second-order valence-electron chi connectivity index (χ2n) is 7.46. The molecule has 1 aliphatic rings. The van der Waals surface area contributed by atoms with Crippen LogP contribution in [0.2, 0.25) is 0 Å². The number of carboxylic acids is 1. The molecule has 0 spiro atoms. The predicted octanol–water partition coefficient (Wildman–Crippen LogP) is 2.62. The molecule has 0 aliphatic carbocycles. The minimum atomic E-state index is -0.795. The Hall–Kier alpha value is -1.92. The van der Waals surface area contributed by atoms with Gasteiger partial charge >= 0.3 is 5.97 Å². The zero-order valence-electron chi connectivity index (χ0n) is 16.1. The van der Waals surface area contributed by atoms with E-state index in [1.165, 1.54) is 0 Å². The van der Waals surface area contributed by atoms with Crippen LogP contribution in [0.5, 0.6) is 0 Å². The van der Waals surface area contributed by atoms with Gasteiger partial charge in [-0.25, -0.2) is 0 Å². The zero-order chi connectivity index (χ0) is 19.1. The van der Waals surface area contributed by atoms with Crippen LogP contribution in [0, 0.1) is 0 Å². The Kier molecular flexibility index (Phi) is 7.60. The SMILES string of the molecule is CC(C)c1ccccc1NC(=O)CN1CCCC(N(C)CC(=O)O)CC1. The molecule has 26 heavy (non-hydrogen) atoms. The molecule has 1 unspecified atom stereocenters. The number of carboxylic acid groups (broad SMARTS) is 1. The van der Waals surface area contributed by atoms with E-state index in [-0.39, 0.29) is 18.5 Å². The molecular formula is C20H31N3O3. The van der Waals surface area contributed by atoms with Gasteiger partial charge in [-0.15, -0.1) is 0 Å². The van der Waals surface area contributed by atoms with Crippen LogP contribution in [0.25, 0.3) is 0 Å². The molecule has 1 amide bonds. The van der Waals surface area contributed by atoms with E-state index in [0.717, 1.165) is 43.6 Å². The van der Waals surface area contributed by atoms with Gasteiger partial charge in [0.15, 0.2) is 0 Å². The highest BCUT2D eigenvalue weighted by atomic mass is 16.4. The van der Waals surface area contributed by atoms with Gasteiger partial charge in [-0.3, -0.25) is 19.4 Å². The molecule has 1 atom stereocenters. The van der Waals surface area contributed by atoms with Crippen molar-refractivity contribution in [3.8, 4) is 0 Å². The highest BCUT2D eigenvalue weighted by molar-refractivity contribution is 5.93. The number of benzene rings is 1. The number of anilines is 1. The van der Waals surface area contributed by atoms with Crippen molar-refractivity contribution in [3.63, 3.8) is 0 Å². The summed E-state index contributed by atoms with van der Waals surface area (Å²) in [6.45, 7) is 6.37. The maximum absolute atomic E-state index is 12.5. The largest absolute Gasteiger partial charge is 0.480 e. The van der Waals surface area contributed by atoms with Crippen molar-refractivity contribution >= 4 is 17.6 Å². The van der Waals surface area contributed by atoms with Crippen molar-refractivity contribution in [1.82, 2.24) is 9.80 Å². The van der Waals surface area contributed by atoms with E-state index in [9.17, 15) is 9.59 Å². The van der Waals surface area contributed by atoms with Gasteiger partial charge < -0.3 is 10.4 Å². The monoisotopic (exact) mass is 361 g/mol. The van der Waals surface area contributed by atoms with Gasteiger partial charge in [-0.05, 0) is 50.4 Å². The zero-order valence-corrected chi connectivity index (χ0v) is 16.1. The average Bonchev–Trinajstić information content (AvgIpc) is 2.80. The predicted molar refractivity (Wildman–Crippen MR) is 104 cm³/mol. The van der Waals surface area contributed by atoms with Crippen molar-refractivity contribution in [3.05, 3.63) is 29.8 Å². The summed E-state index contributed by atoms with van der Waals surface area (Å²) < 4.78 is 0. The van der Waals surface area contributed by atoms with Gasteiger partial charge in [0.1, 0.15) is 0 Å². The van der Waals surface area contributed by atoms with Crippen LogP contribution in [0.3, 0.4) is 0 Å². The summed E-state index contributed by atoms with van der Waals surface area (Å²) in [7, 11) is 1.87. The Morgan fingerprint density at radius 2 is 2.00 bits per heavy atom. The van der Waals surface area contributed by atoms with E-state index >= 15 is 0 Å². The van der Waals surface area contributed by atoms with Crippen LogP contribution in [-0.2, 0) is 9.59 Å². The Morgan fingerprint density at radius 3 is 2.69 bits per heavy atom. The lowest BCUT2D eigenvalue weighted by molar-refractivity contribution is -0.138. The van der Waals surface area contributed by atoms with Gasteiger partial charge in [0.05, 0.1) is 13.1 Å². The van der Waals surface area contributed by atoms with Crippen LogP contribution in [0.15, 0.2) is 24.3 Å². The summed E-state index contributed by atoms with van der Waals surface area (Å²) in [5.41, 5.74) is 2.04. The van der Waals surface area contributed by atoms with Crippen molar-refractivity contribution in [2.24, 2.45) is 0 Å². The van der Waals surface area contributed by atoms with E-state index in [1.807, 2.05) is 30.1 Å². The first kappa shape index (κ1) is 20.4. The molecule has 1 heterocycles. The Morgan fingerprint density at radius 1 is 1.27 bits per heavy atom. The normalized spacial score (nSPS) is 18.7. The standard InChI is InChI=1S/C20H31N3O3/c1-15(2)17-8-4-5-9-18(17)21-19(24)13-23-11-6-7-16(10-12-23)22(3)14-20(25)26/h4-5,8-9,15-16H,6-7,10-14H2,1-3H3,(H,21,24)(H,25,26). The van der Waals surface area contributed by atoms with Gasteiger partial charge in [0, 0.05) is 18.3 Å². The number of hydrogen-bond donors (Lipinski definition) is 2. The third-order valence-electron chi connectivity index (χ3n) is 5.02. The van der Waals surface area contributed by atoms with Gasteiger partial charge in [-0.2, -0.15) is 0 Å². The quantitative estimate of drug-likeness (QED) is 0.781. The van der Waals surface area contributed by atoms with Gasteiger partial charge in [0.25, 0.3) is 0 Å². The van der Waals surface area contributed by atoms with E-state index in [4.69, 9.17) is 5.11 Å². The number of hydrogen-bond acceptors (Lipinski definition) is 4. The van der Waals surface area contributed by atoms with Crippen LogP contribution < -0.4 is 5.32 Å². The lowest BCUT2D eigenvalue weighted by atomic mass is 10.0. The Balaban J connectivity index is 1.87. The molecule has 0 bridgehead atoms. The molecule has 1 fully saturated rings. The lowest BCUT2D eigenvalue weighted by Crippen LogP contribution is -2.37. The van der Waals surface area contributed by atoms with Crippen LogP contribution >= 0.6 is 0 Å². The van der Waals surface area contributed by atoms with Crippen molar-refractivity contribution < 1.29 is 14.7 Å². The van der Waals surface area contributed by atoms with E-state index in [1.54, 1.807) is 0 Å². The molecule has 1 saturated heterocycles. The van der Waals surface area contributed by atoms with Gasteiger partial charge in [0.2, 0.25) is 5.91 Å². The van der Waals surface area contributed by atoms with Crippen molar-refractivity contribution in [2.45, 2.75) is 45.1 Å².